The molecule has 178 valence electrons. The van der Waals surface area contributed by atoms with Gasteiger partial charge in [0.1, 0.15) is 28.6 Å². The van der Waals surface area contributed by atoms with Crippen molar-refractivity contribution in [1.29, 1.82) is 0 Å². The Morgan fingerprint density at radius 1 is 1.11 bits per heavy atom. The number of furan rings is 1. The van der Waals surface area contributed by atoms with Crippen LogP contribution in [0.5, 0.6) is 0 Å². The van der Waals surface area contributed by atoms with E-state index in [1.807, 2.05) is 0 Å². The Labute approximate surface area is 200 Å². The molecule has 1 aliphatic heterocycles. The van der Waals surface area contributed by atoms with Crippen LogP contribution in [0.3, 0.4) is 0 Å². The van der Waals surface area contributed by atoms with Crippen molar-refractivity contribution in [2.75, 3.05) is 0 Å². The quantitative estimate of drug-likeness (QED) is 0.453. The first-order valence-corrected chi connectivity index (χ1v) is 11.0. The highest BCUT2D eigenvalue weighted by atomic mass is 19.1. The first-order valence-electron chi connectivity index (χ1n) is 11.0. The molecule has 0 saturated carbocycles. The van der Waals surface area contributed by atoms with Crippen LogP contribution in [0.4, 0.5) is 8.78 Å². The summed E-state index contributed by atoms with van der Waals surface area (Å²) in [5.41, 5.74) is 0.178. The van der Waals surface area contributed by atoms with Gasteiger partial charge in [-0.2, -0.15) is 5.10 Å². The SMILES string of the molecule is CC1(C(=O)NCc2cccc(F)c2)Cn2nc(-c3ccco3)cc2C(=O)N1Cc1ccccc1F. The van der Waals surface area contributed by atoms with E-state index in [2.05, 4.69) is 10.4 Å². The summed E-state index contributed by atoms with van der Waals surface area (Å²) in [6.07, 6.45) is 1.50. The lowest BCUT2D eigenvalue weighted by molar-refractivity contribution is -0.133. The van der Waals surface area contributed by atoms with Crippen LogP contribution >= 0.6 is 0 Å². The maximum absolute atomic E-state index is 14.5. The van der Waals surface area contributed by atoms with Crippen LogP contribution in [0.2, 0.25) is 0 Å². The first kappa shape index (κ1) is 22.5. The van der Waals surface area contributed by atoms with Gasteiger partial charge in [-0.05, 0) is 42.8 Å². The number of amides is 2. The van der Waals surface area contributed by atoms with Crippen molar-refractivity contribution < 1.29 is 22.8 Å². The Hall–Kier alpha value is -4.27. The highest BCUT2D eigenvalue weighted by molar-refractivity contribution is 6.00. The number of halogens is 2. The summed E-state index contributed by atoms with van der Waals surface area (Å²) in [7, 11) is 0. The molecule has 3 heterocycles. The van der Waals surface area contributed by atoms with Gasteiger partial charge in [0.15, 0.2) is 5.76 Å². The lowest BCUT2D eigenvalue weighted by atomic mass is 9.94. The second-order valence-corrected chi connectivity index (χ2v) is 8.62. The molecule has 9 heteroatoms. The zero-order chi connectivity index (χ0) is 24.6. The van der Waals surface area contributed by atoms with Crippen LogP contribution in [-0.4, -0.2) is 32.0 Å². The van der Waals surface area contributed by atoms with Gasteiger partial charge in [-0.25, -0.2) is 8.78 Å². The maximum Gasteiger partial charge on any atom is 0.273 e. The summed E-state index contributed by atoms with van der Waals surface area (Å²) in [5.74, 6) is -1.33. The van der Waals surface area contributed by atoms with E-state index >= 15 is 0 Å². The third-order valence-corrected chi connectivity index (χ3v) is 6.19. The van der Waals surface area contributed by atoms with Crippen LogP contribution in [0.15, 0.2) is 77.4 Å². The standard InChI is InChI=1S/C26H22F2N4O3/c1-26(25(34)29-14-17-6-4-8-19(27)12-17)16-32-22(13-21(30-32)23-10-5-11-35-23)24(33)31(26)15-18-7-2-3-9-20(18)28/h2-13H,14-16H2,1H3,(H,29,34). The molecule has 4 aromatic rings. The molecular weight excluding hydrogens is 454 g/mol. The number of benzene rings is 2. The van der Waals surface area contributed by atoms with Crippen LogP contribution in [0.1, 0.15) is 28.5 Å². The van der Waals surface area contributed by atoms with E-state index in [0.717, 1.165) is 0 Å². The van der Waals surface area contributed by atoms with Crippen LogP contribution in [0.25, 0.3) is 11.5 Å². The predicted octanol–water partition coefficient (Wildman–Crippen LogP) is 4.15. The minimum absolute atomic E-state index is 0.0399. The molecule has 0 radical (unpaired) electrons. The number of aromatic nitrogens is 2. The predicted molar refractivity (Wildman–Crippen MR) is 123 cm³/mol. The summed E-state index contributed by atoms with van der Waals surface area (Å²) in [5, 5.41) is 7.28. The highest BCUT2D eigenvalue weighted by Gasteiger charge is 2.48. The smallest absolute Gasteiger partial charge is 0.273 e. The minimum atomic E-state index is -1.40. The molecule has 0 saturated heterocycles. The third kappa shape index (κ3) is 4.21. The topological polar surface area (TPSA) is 80.4 Å². The minimum Gasteiger partial charge on any atom is -0.463 e. The van der Waals surface area contributed by atoms with E-state index in [-0.39, 0.29) is 30.9 Å². The summed E-state index contributed by atoms with van der Waals surface area (Å²) in [6, 6.07) is 17.0. The molecule has 2 amide bonds. The Morgan fingerprint density at radius 2 is 1.94 bits per heavy atom. The van der Waals surface area contributed by atoms with Crippen molar-refractivity contribution in [2.45, 2.75) is 32.1 Å². The molecule has 0 aliphatic carbocycles. The number of hydrogen-bond acceptors (Lipinski definition) is 4. The summed E-state index contributed by atoms with van der Waals surface area (Å²) in [4.78, 5) is 28.5. The fourth-order valence-corrected chi connectivity index (χ4v) is 4.25. The zero-order valence-electron chi connectivity index (χ0n) is 18.9. The number of carbonyl (C=O) groups excluding carboxylic acids is 2. The normalized spacial score (nSPS) is 17.3. The number of fused-ring (bicyclic) bond motifs is 1. The molecule has 0 bridgehead atoms. The first-order chi connectivity index (χ1) is 16.8. The van der Waals surface area contributed by atoms with Gasteiger partial charge in [-0.1, -0.05) is 30.3 Å². The molecule has 7 nitrogen and oxygen atoms in total. The summed E-state index contributed by atoms with van der Waals surface area (Å²) in [6.45, 7) is 1.61. The average Bonchev–Trinajstić information content (AvgIpc) is 3.51. The molecule has 2 aromatic carbocycles. The third-order valence-electron chi connectivity index (χ3n) is 6.19. The molecule has 0 spiro atoms. The Balaban J connectivity index is 1.50. The Morgan fingerprint density at radius 3 is 2.69 bits per heavy atom. The maximum atomic E-state index is 14.5. The average molecular weight is 476 g/mol. The number of carbonyl (C=O) groups is 2. The van der Waals surface area contributed by atoms with Crippen molar-refractivity contribution >= 4 is 11.8 Å². The molecule has 35 heavy (non-hydrogen) atoms. The molecule has 5 rings (SSSR count). The van der Waals surface area contributed by atoms with E-state index in [1.54, 1.807) is 55.5 Å². The van der Waals surface area contributed by atoms with Gasteiger partial charge in [0.25, 0.3) is 5.91 Å². The number of hydrogen-bond donors (Lipinski definition) is 1. The second-order valence-electron chi connectivity index (χ2n) is 8.62. The van der Waals surface area contributed by atoms with Gasteiger partial charge in [0.05, 0.1) is 19.4 Å². The van der Waals surface area contributed by atoms with Gasteiger partial charge >= 0.3 is 0 Å². The molecule has 1 unspecified atom stereocenters. The van der Waals surface area contributed by atoms with Crippen LogP contribution < -0.4 is 5.32 Å². The van der Waals surface area contributed by atoms with E-state index in [1.165, 1.54) is 34.0 Å². The van der Waals surface area contributed by atoms with E-state index < -0.39 is 29.0 Å². The molecule has 2 aromatic heterocycles. The van der Waals surface area contributed by atoms with Crippen LogP contribution in [-0.2, 0) is 24.4 Å². The fraction of sp³-hybridized carbons (Fsp3) is 0.192. The Kier molecular flexibility index (Phi) is 5.68. The molecule has 1 aliphatic rings. The Bertz CT molecular complexity index is 1400. The van der Waals surface area contributed by atoms with Gasteiger partial charge in [0, 0.05) is 18.2 Å². The largest absolute Gasteiger partial charge is 0.463 e. The molecule has 0 fully saturated rings. The summed E-state index contributed by atoms with van der Waals surface area (Å²) < 4.78 is 35.0. The second kappa shape index (κ2) is 8.83. The van der Waals surface area contributed by atoms with Crippen molar-refractivity contribution in [2.24, 2.45) is 0 Å². The van der Waals surface area contributed by atoms with Crippen LogP contribution in [0, 0.1) is 11.6 Å². The van der Waals surface area contributed by atoms with E-state index in [0.29, 0.717) is 17.0 Å². The van der Waals surface area contributed by atoms with Gasteiger partial charge in [-0.15, -0.1) is 0 Å². The number of nitrogens with one attached hydrogen (secondary N) is 1. The summed E-state index contributed by atoms with van der Waals surface area (Å²) >= 11 is 0. The van der Waals surface area contributed by atoms with Crippen molar-refractivity contribution in [3.63, 3.8) is 0 Å². The number of nitrogens with zero attached hydrogens (tertiary/aromatic N) is 3. The molecular formula is C26H22F2N4O3. The fourth-order valence-electron chi connectivity index (χ4n) is 4.25. The zero-order valence-corrected chi connectivity index (χ0v) is 18.9. The molecule has 1 atom stereocenters. The highest BCUT2D eigenvalue weighted by Crippen LogP contribution is 2.32. The van der Waals surface area contributed by atoms with E-state index in [9.17, 15) is 18.4 Å². The van der Waals surface area contributed by atoms with Crippen molar-refractivity contribution in [1.82, 2.24) is 20.0 Å². The number of rotatable bonds is 6. The monoisotopic (exact) mass is 476 g/mol. The lowest BCUT2D eigenvalue weighted by Crippen LogP contribution is -2.63. The van der Waals surface area contributed by atoms with E-state index in [4.69, 9.17) is 4.42 Å². The molecule has 1 N–H and O–H groups in total. The van der Waals surface area contributed by atoms with Gasteiger partial charge in [-0.3, -0.25) is 14.3 Å². The van der Waals surface area contributed by atoms with Gasteiger partial charge < -0.3 is 14.6 Å². The lowest BCUT2D eigenvalue weighted by Gasteiger charge is -2.43. The van der Waals surface area contributed by atoms with Gasteiger partial charge in [0.2, 0.25) is 5.91 Å². The van der Waals surface area contributed by atoms with Crippen molar-refractivity contribution in [3.05, 3.63) is 101 Å². The van der Waals surface area contributed by atoms with Crippen molar-refractivity contribution in [3.8, 4) is 11.5 Å².